The Bertz CT molecular complexity index is 347. The number of ether oxygens (including phenoxy) is 1. The number of aromatic nitrogens is 1. The number of hydrogen-bond donors (Lipinski definition) is 0. The Morgan fingerprint density at radius 2 is 2.00 bits per heavy atom. The van der Waals surface area contributed by atoms with Crippen LogP contribution in [0.15, 0.2) is 24.5 Å². The summed E-state index contributed by atoms with van der Waals surface area (Å²) in [6.07, 6.45) is 3.30. The topological polar surface area (TPSA) is 42.4 Å². The van der Waals surface area contributed by atoms with Crippen LogP contribution in [0, 0.1) is 0 Å². The largest absolute Gasteiger partial charge is 0.379 e. The molecule has 86 valence electrons. The van der Waals surface area contributed by atoms with Gasteiger partial charge in [0.1, 0.15) is 0 Å². The monoisotopic (exact) mass is 220 g/mol. The molecule has 1 aliphatic heterocycles. The average Bonchev–Trinajstić information content (AvgIpc) is 2.39. The molecule has 2 rings (SSSR count). The van der Waals surface area contributed by atoms with Gasteiger partial charge in [-0.15, -0.1) is 0 Å². The third-order valence-corrected chi connectivity index (χ3v) is 2.94. The maximum absolute atomic E-state index is 12.1. The van der Waals surface area contributed by atoms with Gasteiger partial charge in [-0.2, -0.15) is 0 Å². The number of morpholine rings is 1. The summed E-state index contributed by atoms with van der Waals surface area (Å²) >= 11 is 0. The van der Waals surface area contributed by atoms with Gasteiger partial charge in [0.15, 0.2) is 5.78 Å². The summed E-state index contributed by atoms with van der Waals surface area (Å²) < 4.78 is 5.27. The molecule has 1 aromatic rings. The Labute approximate surface area is 95.2 Å². The summed E-state index contributed by atoms with van der Waals surface area (Å²) in [5.41, 5.74) is 0.731. The molecule has 0 spiro atoms. The molecule has 0 aliphatic carbocycles. The fourth-order valence-corrected chi connectivity index (χ4v) is 1.89. The lowest BCUT2D eigenvalue weighted by Crippen LogP contribution is -2.45. The molecule has 1 aromatic heterocycles. The smallest absolute Gasteiger partial charge is 0.179 e. The molecule has 2 heterocycles. The molecule has 0 bridgehead atoms. The lowest BCUT2D eigenvalue weighted by molar-refractivity contribution is 0.0208. The van der Waals surface area contributed by atoms with Crippen LogP contribution >= 0.6 is 0 Å². The molecule has 0 aromatic carbocycles. The van der Waals surface area contributed by atoms with Gasteiger partial charge in [0.25, 0.3) is 0 Å². The van der Waals surface area contributed by atoms with E-state index >= 15 is 0 Å². The highest BCUT2D eigenvalue weighted by Gasteiger charge is 2.23. The van der Waals surface area contributed by atoms with Crippen molar-refractivity contribution in [3.63, 3.8) is 0 Å². The second-order valence-corrected chi connectivity index (χ2v) is 3.92. The van der Waals surface area contributed by atoms with Gasteiger partial charge >= 0.3 is 0 Å². The molecule has 16 heavy (non-hydrogen) atoms. The fourth-order valence-electron chi connectivity index (χ4n) is 1.89. The first-order chi connectivity index (χ1) is 7.79. The predicted molar refractivity (Wildman–Crippen MR) is 60.4 cm³/mol. The molecule has 0 radical (unpaired) electrons. The zero-order valence-electron chi connectivity index (χ0n) is 9.43. The number of nitrogens with zero attached hydrogens (tertiary/aromatic N) is 2. The van der Waals surface area contributed by atoms with Crippen molar-refractivity contribution in [3.05, 3.63) is 30.1 Å². The van der Waals surface area contributed by atoms with E-state index in [1.165, 1.54) is 0 Å². The number of carbonyl (C=O) groups is 1. The minimum absolute atomic E-state index is 0.0775. The normalized spacial score (nSPS) is 19.3. The maximum atomic E-state index is 12.1. The molecular formula is C12H16N2O2. The van der Waals surface area contributed by atoms with Gasteiger partial charge in [-0.3, -0.25) is 14.7 Å². The average molecular weight is 220 g/mol. The quantitative estimate of drug-likeness (QED) is 0.712. The number of Topliss-reactive ketones (excluding diaryl/α,β-unsaturated/α-hetero) is 1. The van der Waals surface area contributed by atoms with E-state index in [0.717, 1.165) is 18.7 Å². The van der Waals surface area contributed by atoms with Gasteiger partial charge in [-0.25, -0.2) is 0 Å². The zero-order chi connectivity index (χ0) is 11.4. The summed E-state index contributed by atoms with van der Waals surface area (Å²) in [7, 11) is 0. The van der Waals surface area contributed by atoms with Crippen LogP contribution in [-0.4, -0.2) is 48.0 Å². The first kappa shape index (κ1) is 11.2. The molecule has 4 heteroatoms. The standard InChI is InChI=1S/C12H16N2O2/c1-10(14-6-8-16-9-7-14)12(15)11-2-4-13-5-3-11/h2-5,10H,6-9H2,1H3. The van der Waals surface area contributed by atoms with Gasteiger partial charge in [-0.05, 0) is 19.1 Å². The van der Waals surface area contributed by atoms with Crippen molar-refractivity contribution in [3.8, 4) is 0 Å². The van der Waals surface area contributed by atoms with Crippen LogP contribution in [0.5, 0.6) is 0 Å². The summed E-state index contributed by atoms with van der Waals surface area (Å²) in [5.74, 6) is 0.157. The van der Waals surface area contributed by atoms with Crippen molar-refractivity contribution in [1.29, 1.82) is 0 Å². The molecule has 0 N–H and O–H groups in total. The Kier molecular flexibility index (Phi) is 3.64. The summed E-state index contributed by atoms with van der Waals surface area (Å²) in [6, 6.07) is 3.45. The van der Waals surface area contributed by atoms with Crippen LogP contribution in [0.2, 0.25) is 0 Å². The molecular weight excluding hydrogens is 204 g/mol. The molecule has 4 nitrogen and oxygen atoms in total. The second-order valence-electron chi connectivity index (χ2n) is 3.92. The molecule has 0 amide bonds. The van der Waals surface area contributed by atoms with Crippen LogP contribution in [0.4, 0.5) is 0 Å². The third kappa shape index (κ3) is 2.46. The van der Waals surface area contributed by atoms with Crippen molar-refractivity contribution in [2.45, 2.75) is 13.0 Å². The number of rotatable bonds is 3. The first-order valence-corrected chi connectivity index (χ1v) is 5.55. The van der Waals surface area contributed by atoms with Crippen molar-refractivity contribution < 1.29 is 9.53 Å². The van der Waals surface area contributed by atoms with E-state index < -0.39 is 0 Å². The fraction of sp³-hybridized carbons (Fsp3) is 0.500. The van der Waals surface area contributed by atoms with E-state index in [9.17, 15) is 4.79 Å². The van der Waals surface area contributed by atoms with Gasteiger partial charge in [0.05, 0.1) is 19.3 Å². The van der Waals surface area contributed by atoms with Crippen molar-refractivity contribution >= 4 is 5.78 Å². The summed E-state index contributed by atoms with van der Waals surface area (Å²) in [6.45, 7) is 5.05. The van der Waals surface area contributed by atoms with E-state index in [4.69, 9.17) is 4.74 Å². The van der Waals surface area contributed by atoms with Gasteiger partial charge < -0.3 is 4.74 Å². The minimum Gasteiger partial charge on any atom is -0.379 e. The molecule has 0 saturated carbocycles. The van der Waals surface area contributed by atoms with Gasteiger partial charge in [-0.1, -0.05) is 0 Å². The molecule has 1 saturated heterocycles. The van der Waals surface area contributed by atoms with E-state index in [-0.39, 0.29) is 11.8 Å². The highest BCUT2D eigenvalue weighted by molar-refractivity contribution is 5.99. The Balaban J connectivity index is 2.04. The van der Waals surface area contributed by atoms with Crippen LogP contribution in [0.3, 0.4) is 0 Å². The lowest BCUT2D eigenvalue weighted by Gasteiger charge is -2.31. The SMILES string of the molecule is CC(C(=O)c1ccncc1)N1CCOCC1. The molecule has 1 aliphatic rings. The van der Waals surface area contributed by atoms with E-state index in [1.54, 1.807) is 24.5 Å². The first-order valence-electron chi connectivity index (χ1n) is 5.55. The number of hydrogen-bond acceptors (Lipinski definition) is 4. The highest BCUT2D eigenvalue weighted by atomic mass is 16.5. The van der Waals surface area contributed by atoms with Crippen LogP contribution < -0.4 is 0 Å². The van der Waals surface area contributed by atoms with E-state index in [2.05, 4.69) is 9.88 Å². The summed E-state index contributed by atoms with van der Waals surface area (Å²) in [5, 5.41) is 0. The second kappa shape index (κ2) is 5.18. The highest BCUT2D eigenvalue weighted by Crippen LogP contribution is 2.10. The third-order valence-electron chi connectivity index (χ3n) is 2.94. The van der Waals surface area contributed by atoms with E-state index in [0.29, 0.717) is 13.2 Å². The van der Waals surface area contributed by atoms with Crippen LogP contribution in [0.1, 0.15) is 17.3 Å². The van der Waals surface area contributed by atoms with Crippen LogP contribution in [0.25, 0.3) is 0 Å². The number of pyridine rings is 1. The number of carbonyl (C=O) groups excluding carboxylic acids is 1. The Morgan fingerprint density at radius 3 is 2.62 bits per heavy atom. The van der Waals surface area contributed by atoms with Crippen molar-refractivity contribution in [2.24, 2.45) is 0 Å². The number of ketones is 1. The molecule has 1 unspecified atom stereocenters. The van der Waals surface area contributed by atoms with Gasteiger partial charge in [0, 0.05) is 31.0 Å². The molecule has 1 atom stereocenters. The minimum atomic E-state index is -0.0775. The lowest BCUT2D eigenvalue weighted by atomic mass is 10.1. The zero-order valence-corrected chi connectivity index (χ0v) is 9.43. The van der Waals surface area contributed by atoms with E-state index in [1.807, 2.05) is 6.92 Å². The van der Waals surface area contributed by atoms with Gasteiger partial charge in [0.2, 0.25) is 0 Å². The predicted octanol–water partition coefficient (Wildman–Crippen LogP) is 0.985. The Hall–Kier alpha value is -1.26. The van der Waals surface area contributed by atoms with Crippen molar-refractivity contribution in [1.82, 2.24) is 9.88 Å². The van der Waals surface area contributed by atoms with Crippen LogP contribution in [-0.2, 0) is 4.74 Å². The molecule has 1 fully saturated rings. The van der Waals surface area contributed by atoms with Crippen molar-refractivity contribution in [2.75, 3.05) is 26.3 Å². The maximum Gasteiger partial charge on any atom is 0.179 e. The summed E-state index contributed by atoms with van der Waals surface area (Å²) in [4.78, 5) is 18.2. The Morgan fingerprint density at radius 1 is 1.38 bits per heavy atom.